The standard InChI is InChI=1S/C9H18N4O2S2.ClH/c1-9(2,3)17-16-6(5-12-13-11)4-7(10)8(14)15;/h6-7H,4-5,10H2,1-3H3,(H,14,15);1H. The van der Waals surface area contributed by atoms with E-state index in [1.165, 1.54) is 10.8 Å². The second kappa shape index (κ2) is 9.63. The summed E-state index contributed by atoms with van der Waals surface area (Å²) in [6, 6.07) is -0.915. The minimum absolute atomic E-state index is 0. The number of nitrogens with zero attached hydrogens (tertiary/aromatic N) is 3. The Bertz CT molecular complexity index is 305. The molecule has 0 saturated heterocycles. The number of nitrogens with two attached hydrogens (primary N) is 1. The highest BCUT2D eigenvalue weighted by Gasteiger charge is 2.21. The minimum atomic E-state index is -1.03. The second-order valence-corrected chi connectivity index (χ2v) is 7.84. The molecule has 0 aliphatic heterocycles. The molecule has 0 radical (unpaired) electrons. The van der Waals surface area contributed by atoms with Crippen LogP contribution in [0.5, 0.6) is 0 Å². The fourth-order valence-electron chi connectivity index (χ4n) is 0.868. The molecule has 0 saturated carbocycles. The van der Waals surface area contributed by atoms with Crippen LogP contribution < -0.4 is 5.73 Å². The summed E-state index contributed by atoms with van der Waals surface area (Å²) in [5.41, 5.74) is 13.8. The molecule has 6 nitrogen and oxygen atoms in total. The molecule has 2 atom stereocenters. The number of aliphatic carboxylic acids is 1. The van der Waals surface area contributed by atoms with Crippen LogP contribution in [0.15, 0.2) is 5.11 Å². The molecule has 18 heavy (non-hydrogen) atoms. The van der Waals surface area contributed by atoms with Crippen molar-refractivity contribution in [3.8, 4) is 0 Å². The van der Waals surface area contributed by atoms with Gasteiger partial charge in [0.25, 0.3) is 0 Å². The average Bonchev–Trinajstić information content (AvgIpc) is 2.20. The molecule has 0 fully saturated rings. The van der Waals surface area contributed by atoms with E-state index in [1.54, 1.807) is 10.8 Å². The smallest absolute Gasteiger partial charge is 0.320 e. The van der Waals surface area contributed by atoms with Gasteiger partial charge in [0.2, 0.25) is 0 Å². The topological polar surface area (TPSA) is 112 Å². The largest absolute Gasteiger partial charge is 0.480 e. The van der Waals surface area contributed by atoms with Crippen LogP contribution in [0, 0.1) is 0 Å². The Morgan fingerprint density at radius 2 is 2.11 bits per heavy atom. The van der Waals surface area contributed by atoms with Gasteiger partial charge in [-0.05, 0) is 12.0 Å². The molecule has 0 spiro atoms. The second-order valence-electron chi connectivity index (χ2n) is 4.51. The number of rotatable bonds is 7. The monoisotopic (exact) mass is 314 g/mol. The van der Waals surface area contributed by atoms with Crippen LogP contribution in [0.1, 0.15) is 27.2 Å². The molecule has 0 aliphatic carbocycles. The first-order valence-electron chi connectivity index (χ1n) is 5.10. The number of hydrogen-bond donors (Lipinski definition) is 2. The number of carboxylic acids is 1. The van der Waals surface area contributed by atoms with Crippen molar-refractivity contribution < 1.29 is 9.90 Å². The lowest BCUT2D eigenvalue weighted by Gasteiger charge is -2.22. The number of carboxylic acid groups (broad SMARTS) is 1. The van der Waals surface area contributed by atoms with E-state index in [-0.39, 0.29) is 28.9 Å². The zero-order valence-corrected chi connectivity index (χ0v) is 13.0. The fraction of sp³-hybridized carbons (Fsp3) is 0.889. The van der Waals surface area contributed by atoms with E-state index in [9.17, 15) is 4.79 Å². The molecule has 0 rings (SSSR count). The van der Waals surface area contributed by atoms with Gasteiger partial charge in [0.1, 0.15) is 6.04 Å². The quantitative estimate of drug-likeness (QED) is 0.324. The maximum atomic E-state index is 10.7. The van der Waals surface area contributed by atoms with E-state index in [0.29, 0.717) is 6.42 Å². The fourth-order valence-corrected chi connectivity index (χ4v) is 3.40. The molecule has 0 heterocycles. The normalized spacial score (nSPS) is 14.0. The zero-order chi connectivity index (χ0) is 13.5. The van der Waals surface area contributed by atoms with Gasteiger partial charge in [-0.3, -0.25) is 4.79 Å². The highest BCUT2D eigenvalue weighted by atomic mass is 35.5. The van der Waals surface area contributed by atoms with Gasteiger partial charge in [-0.1, -0.05) is 47.5 Å². The van der Waals surface area contributed by atoms with Gasteiger partial charge in [0.15, 0.2) is 0 Å². The van der Waals surface area contributed by atoms with Gasteiger partial charge in [-0.15, -0.1) is 12.4 Å². The summed E-state index contributed by atoms with van der Waals surface area (Å²) in [5, 5.41) is 12.1. The lowest BCUT2D eigenvalue weighted by molar-refractivity contribution is -0.138. The van der Waals surface area contributed by atoms with Gasteiger partial charge in [-0.2, -0.15) is 0 Å². The highest BCUT2D eigenvalue weighted by molar-refractivity contribution is 8.77. The molecule has 0 amide bonds. The number of azide groups is 1. The van der Waals surface area contributed by atoms with Crippen LogP contribution in [0.25, 0.3) is 10.4 Å². The maximum Gasteiger partial charge on any atom is 0.320 e. The Hall–Kier alpha value is -0.270. The van der Waals surface area contributed by atoms with E-state index < -0.39 is 12.0 Å². The van der Waals surface area contributed by atoms with Gasteiger partial charge >= 0.3 is 5.97 Å². The summed E-state index contributed by atoms with van der Waals surface area (Å²) in [6.45, 7) is 6.44. The van der Waals surface area contributed by atoms with Crippen molar-refractivity contribution in [1.82, 2.24) is 0 Å². The highest BCUT2D eigenvalue weighted by Crippen LogP contribution is 2.39. The molecule has 0 aromatic rings. The van der Waals surface area contributed by atoms with Crippen molar-refractivity contribution in [2.24, 2.45) is 10.8 Å². The molecule has 9 heteroatoms. The van der Waals surface area contributed by atoms with Gasteiger partial charge in [0.05, 0.1) is 0 Å². The first-order valence-corrected chi connectivity index (χ1v) is 7.31. The molecule has 0 aromatic carbocycles. The third-order valence-electron chi connectivity index (χ3n) is 1.62. The van der Waals surface area contributed by atoms with E-state index in [2.05, 4.69) is 30.8 Å². The third kappa shape index (κ3) is 10.9. The Kier molecular flexibility index (Phi) is 10.7. The molecule has 0 aromatic heterocycles. The summed E-state index contributed by atoms with van der Waals surface area (Å²) in [7, 11) is 3.15. The molecule has 0 bridgehead atoms. The Morgan fingerprint density at radius 3 is 2.50 bits per heavy atom. The van der Waals surface area contributed by atoms with Gasteiger partial charge in [-0.25, -0.2) is 0 Å². The van der Waals surface area contributed by atoms with Gasteiger partial charge < -0.3 is 10.8 Å². The molecule has 3 N–H and O–H groups in total. The summed E-state index contributed by atoms with van der Waals surface area (Å²) in [5.74, 6) is -1.03. The van der Waals surface area contributed by atoms with Crippen molar-refractivity contribution in [1.29, 1.82) is 0 Å². The lowest BCUT2D eigenvalue weighted by atomic mass is 10.2. The van der Waals surface area contributed by atoms with E-state index in [1.807, 2.05) is 0 Å². The van der Waals surface area contributed by atoms with Crippen LogP contribution in [0.4, 0.5) is 0 Å². The summed E-state index contributed by atoms with van der Waals surface area (Å²) in [4.78, 5) is 13.4. The molecule has 106 valence electrons. The van der Waals surface area contributed by atoms with Crippen molar-refractivity contribution in [2.45, 2.75) is 43.2 Å². The van der Waals surface area contributed by atoms with Crippen LogP contribution >= 0.6 is 34.0 Å². The van der Waals surface area contributed by atoms with E-state index in [0.717, 1.165) is 0 Å². The Labute approximate surface area is 121 Å². The van der Waals surface area contributed by atoms with Crippen molar-refractivity contribution >= 4 is 40.0 Å². The Balaban J connectivity index is 0. The number of hydrogen-bond acceptors (Lipinski definition) is 5. The van der Waals surface area contributed by atoms with Crippen LogP contribution in [-0.4, -0.2) is 33.7 Å². The summed E-state index contributed by atoms with van der Waals surface area (Å²) >= 11 is 0. The first kappa shape index (κ1) is 20.1. The average molecular weight is 315 g/mol. The number of carbonyl (C=O) groups is 1. The predicted molar refractivity (Wildman–Crippen MR) is 80.2 cm³/mol. The van der Waals surface area contributed by atoms with Gasteiger partial charge in [0, 0.05) is 21.5 Å². The van der Waals surface area contributed by atoms with Crippen molar-refractivity contribution in [2.75, 3.05) is 6.54 Å². The summed E-state index contributed by atoms with van der Waals surface area (Å²) in [6.07, 6.45) is 0.294. The van der Waals surface area contributed by atoms with E-state index in [4.69, 9.17) is 16.4 Å². The SMILES string of the molecule is CC(C)(C)SSC(CN=[N+]=[N-])CC(N)C(=O)O.Cl. The first-order chi connectivity index (χ1) is 7.76. The van der Waals surface area contributed by atoms with Crippen LogP contribution in [0.3, 0.4) is 0 Å². The lowest BCUT2D eigenvalue weighted by Crippen LogP contribution is -2.33. The maximum absolute atomic E-state index is 10.7. The van der Waals surface area contributed by atoms with Crippen LogP contribution in [0.2, 0.25) is 0 Å². The Morgan fingerprint density at radius 1 is 1.56 bits per heavy atom. The predicted octanol–water partition coefficient (Wildman–Crippen LogP) is 3.07. The summed E-state index contributed by atoms with van der Waals surface area (Å²) < 4.78 is 0.0621. The van der Waals surface area contributed by atoms with E-state index >= 15 is 0 Å². The third-order valence-corrected chi connectivity index (χ3v) is 5.43. The minimum Gasteiger partial charge on any atom is -0.480 e. The van der Waals surface area contributed by atoms with Crippen LogP contribution in [-0.2, 0) is 4.79 Å². The molecular formula is C9H19ClN4O2S2. The van der Waals surface area contributed by atoms with Crippen molar-refractivity contribution in [3.05, 3.63) is 10.4 Å². The molecule has 0 aliphatic rings. The zero-order valence-electron chi connectivity index (χ0n) is 10.6. The van der Waals surface area contributed by atoms with Crippen molar-refractivity contribution in [3.63, 3.8) is 0 Å². The molecule has 2 unspecified atom stereocenters. The molecular weight excluding hydrogens is 296 g/mol. The number of halogens is 1.